The number of hydrogen-bond donors (Lipinski definition) is 1. The predicted molar refractivity (Wildman–Crippen MR) is 163 cm³/mol. The fourth-order valence-electron chi connectivity index (χ4n) is 5.32. The normalized spacial score (nSPS) is 19.1. The minimum Gasteiger partial charge on any atom is -0.489 e. The summed E-state index contributed by atoms with van der Waals surface area (Å²) in [6.07, 6.45) is 5.03. The van der Waals surface area contributed by atoms with Crippen LogP contribution in [0, 0.1) is 20.8 Å². The summed E-state index contributed by atoms with van der Waals surface area (Å²) in [4.78, 5) is 36.4. The zero-order valence-corrected chi connectivity index (χ0v) is 24.9. The second-order valence-corrected chi connectivity index (χ2v) is 11.9. The molecule has 3 aromatic carbocycles. The number of carboxylic acid groups (broad SMARTS) is 1. The molecule has 218 valence electrons. The molecule has 42 heavy (non-hydrogen) atoms. The Kier molecular flexibility index (Phi) is 8.06. The van der Waals surface area contributed by atoms with Gasteiger partial charge in [0.1, 0.15) is 42.6 Å². The lowest BCUT2D eigenvalue weighted by atomic mass is 9.87. The average Bonchev–Trinajstić information content (AvgIpc) is 3.21. The Bertz CT molecular complexity index is 1660. The number of carbonyl (C=O) groups excluding carboxylic acids is 2. The van der Waals surface area contributed by atoms with Gasteiger partial charge in [0, 0.05) is 5.56 Å². The first-order valence-electron chi connectivity index (χ1n) is 13.7. The molecule has 9 heteroatoms. The molecular weight excluding hydrogens is 554 g/mol. The lowest BCUT2D eigenvalue weighted by Crippen LogP contribution is -2.42. The van der Waals surface area contributed by atoms with Crippen molar-refractivity contribution in [2.45, 2.75) is 46.1 Å². The van der Waals surface area contributed by atoms with Crippen LogP contribution in [-0.2, 0) is 16.0 Å². The van der Waals surface area contributed by atoms with Crippen molar-refractivity contribution in [3.05, 3.63) is 81.8 Å². The third-order valence-corrected chi connectivity index (χ3v) is 8.66. The summed E-state index contributed by atoms with van der Waals surface area (Å²) in [6.45, 7) is 12.2. The molecule has 0 spiro atoms. The maximum atomic E-state index is 12.5. The molecule has 2 aliphatic heterocycles. The fraction of sp³-hybridized carbons (Fsp3) is 0.303. The monoisotopic (exact) mass is 587 g/mol. The van der Waals surface area contributed by atoms with Gasteiger partial charge in [0.15, 0.2) is 0 Å². The third kappa shape index (κ3) is 5.74. The lowest BCUT2D eigenvalue weighted by molar-refractivity contribution is -0.140. The number of nitrogens with zero attached hydrogens (tertiary/aromatic N) is 1. The van der Waals surface area contributed by atoms with E-state index >= 15 is 0 Å². The van der Waals surface area contributed by atoms with Gasteiger partial charge in [-0.05, 0) is 110 Å². The fourth-order valence-corrected chi connectivity index (χ4v) is 6.16. The molecule has 0 saturated carbocycles. The van der Waals surface area contributed by atoms with E-state index in [1.165, 1.54) is 5.56 Å². The van der Waals surface area contributed by atoms with Crippen LogP contribution in [0.2, 0.25) is 0 Å². The summed E-state index contributed by atoms with van der Waals surface area (Å²) < 4.78 is 18.8. The van der Waals surface area contributed by atoms with E-state index in [2.05, 4.69) is 34.3 Å². The van der Waals surface area contributed by atoms with Gasteiger partial charge >= 0.3 is 5.97 Å². The van der Waals surface area contributed by atoms with Gasteiger partial charge in [-0.25, -0.2) is 0 Å². The van der Waals surface area contributed by atoms with Crippen molar-refractivity contribution in [2.24, 2.45) is 0 Å². The number of carboxylic acids is 1. The highest BCUT2D eigenvalue weighted by molar-refractivity contribution is 8.18. The summed E-state index contributed by atoms with van der Waals surface area (Å²) in [7, 11) is 0. The molecule has 2 amide bonds. The van der Waals surface area contributed by atoms with Crippen molar-refractivity contribution < 1.29 is 33.7 Å². The van der Waals surface area contributed by atoms with E-state index in [1.807, 2.05) is 36.4 Å². The van der Waals surface area contributed by atoms with Crippen molar-refractivity contribution in [1.82, 2.24) is 4.90 Å². The van der Waals surface area contributed by atoms with E-state index in [1.54, 1.807) is 12.2 Å². The van der Waals surface area contributed by atoms with Gasteiger partial charge in [-0.1, -0.05) is 30.9 Å². The number of aliphatic carboxylic acids is 1. The molecule has 0 radical (unpaired) electrons. The molecule has 2 heterocycles. The number of imide groups is 1. The molecule has 1 atom stereocenters. The van der Waals surface area contributed by atoms with Crippen LogP contribution in [-0.4, -0.2) is 52.5 Å². The molecule has 3 aromatic rings. The number of amides is 2. The summed E-state index contributed by atoms with van der Waals surface area (Å²) in [6, 6.07) is 11.5. The molecule has 1 saturated heterocycles. The second kappa shape index (κ2) is 11.6. The van der Waals surface area contributed by atoms with Gasteiger partial charge in [0.2, 0.25) is 0 Å². The first-order chi connectivity index (χ1) is 20.0. The van der Waals surface area contributed by atoms with Gasteiger partial charge in [0.25, 0.3) is 11.1 Å². The van der Waals surface area contributed by atoms with Crippen LogP contribution in [0.25, 0.3) is 16.8 Å². The number of ether oxygens (including phenoxy) is 3. The lowest BCUT2D eigenvalue weighted by Gasteiger charge is -2.38. The van der Waals surface area contributed by atoms with Crippen molar-refractivity contribution in [2.75, 3.05) is 19.8 Å². The first kappa shape index (κ1) is 29.3. The maximum Gasteiger partial charge on any atom is 0.323 e. The predicted octanol–water partition coefficient (Wildman–Crippen LogP) is 6.61. The Balaban J connectivity index is 1.29. The minimum absolute atomic E-state index is 0.198. The number of benzene rings is 3. The van der Waals surface area contributed by atoms with E-state index in [9.17, 15) is 14.4 Å². The van der Waals surface area contributed by atoms with E-state index in [-0.39, 0.29) is 4.91 Å². The first-order valence-corrected chi connectivity index (χ1v) is 14.5. The van der Waals surface area contributed by atoms with Crippen LogP contribution in [0.3, 0.4) is 0 Å². The molecular formula is C33H33NO7S. The molecule has 1 unspecified atom stereocenters. The van der Waals surface area contributed by atoms with Crippen LogP contribution in [0.1, 0.15) is 41.2 Å². The van der Waals surface area contributed by atoms with Gasteiger partial charge in [0.05, 0.1) is 4.91 Å². The maximum absolute atomic E-state index is 12.5. The van der Waals surface area contributed by atoms with Crippen molar-refractivity contribution >= 4 is 45.7 Å². The Labute approximate surface area is 248 Å². The quantitative estimate of drug-likeness (QED) is 0.220. The van der Waals surface area contributed by atoms with Crippen LogP contribution in [0.15, 0.2) is 54.0 Å². The highest BCUT2D eigenvalue weighted by Crippen LogP contribution is 2.44. The highest BCUT2D eigenvalue weighted by atomic mass is 32.2. The topological polar surface area (TPSA) is 102 Å². The minimum atomic E-state index is -1.24. The smallest absolute Gasteiger partial charge is 0.323 e. The summed E-state index contributed by atoms with van der Waals surface area (Å²) >= 11 is 0.741. The van der Waals surface area contributed by atoms with Gasteiger partial charge in [-0.2, -0.15) is 0 Å². The molecule has 8 nitrogen and oxygen atoms in total. The number of thioether (sulfide) groups is 1. The number of carbonyl (C=O) groups is 3. The molecule has 0 aliphatic carbocycles. The van der Waals surface area contributed by atoms with E-state index in [0.29, 0.717) is 13.2 Å². The molecule has 5 rings (SSSR count). The van der Waals surface area contributed by atoms with Crippen LogP contribution >= 0.6 is 11.8 Å². The summed E-state index contributed by atoms with van der Waals surface area (Å²) in [5, 5.41) is 10.3. The molecule has 1 fully saturated rings. The summed E-state index contributed by atoms with van der Waals surface area (Å²) in [5.74, 6) is 0.713. The zero-order chi connectivity index (χ0) is 30.2. The van der Waals surface area contributed by atoms with Crippen molar-refractivity contribution in [3.63, 3.8) is 0 Å². The zero-order valence-electron chi connectivity index (χ0n) is 24.1. The second-order valence-electron chi connectivity index (χ2n) is 10.9. The van der Waals surface area contributed by atoms with E-state index < -0.39 is 29.3 Å². The van der Waals surface area contributed by atoms with Crippen molar-refractivity contribution in [1.29, 1.82) is 0 Å². The van der Waals surface area contributed by atoms with E-state index in [0.717, 1.165) is 79.8 Å². The van der Waals surface area contributed by atoms with E-state index in [4.69, 9.17) is 19.3 Å². The molecule has 2 aliphatic rings. The molecule has 1 N–H and O–H groups in total. The Morgan fingerprint density at radius 2 is 1.83 bits per heavy atom. The van der Waals surface area contributed by atoms with Crippen LogP contribution in [0.4, 0.5) is 4.79 Å². The van der Waals surface area contributed by atoms with Crippen LogP contribution in [0.5, 0.6) is 17.2 Å². The average molecular weight is 588 g/mol. The molecule has 0 bridgehead atoms. The molecule has 0 aromatic heterocycles. The highest BCUT2D eigenvalue weighted by Gasteiger charge is 2.37. The van der Waals surface area contributed by atoms with Crippen molar-refractivity contribution in [3.8, 4) is 17.2 Å². The Morgan fingerprint density at radius 1 is 1.10 bits per heavy atom. The number of rotatable bonds is 9. The standard InChI is InChI=1S/C33H33NO7S/c1-6-13-39-29-19(2)20(3)30-26(21(29)4)11-12-33(5,41-30)18-40-25-10-9-23-14-22(7-8-24(23)16-25)15-27-31(37)34(17-28(35)36)32(38)42-27/h6-10,14-16H,1,11-13,17-18H2,2-5H3,(H,35,36)/b27-15-. The van der Waals surface area contributed by atoms with Crippen LogP contribution < -0.4 is 14.2 Å². The van der Waals surface area contributed by atoms with Gasteiger partial charge in [-0.15, -0.1) is 0 Å². The number of fused-ring (bicyclic) bond motifs is 2. The Hall–Kier alpha value is -4.24. The SMILES string of the molecule is C=CCOc1c(C)c(C)c2c(c1C)CCC(C)(COc1ccc3cc(/C=C4\SC(=O)N(CC(=O)O)C4=O)ccc3c1)O2. The Morgan fingerprint density at radius 3 is 2.57 bits per heavy atom. The van der Waals surface area contributed by atoms with Gasteiger partial charge < -0.3 is 19.3 Å². The summed E-state index contributed by atoms with van der Waals surface area (Å²) in [5.41, 5.74) is 4.68. The van der Waals surface area contributed by atoms with Gasteiger partial charge in [-0.3, -0.25) is 19.3 Å². The third-order valence-electron chi connectivity index (χ3n) is 7.75. The number of hydrogen-bond acceptors (Lipinski definition) is 7. The largest absolute Gasteiger partial charge is 0.489 e.